The number of fused-ring (bicyclic) bond motifs is 1. The minimum absolute atomic E-state index is 0.0308. The van der Waals surface area contributed by atoms with Gasteiger partial charge >= 0.3 is 0 Å². The average Bonchev–Trinajstić information content (AvgIpc) is 2.92. The van der Waals surface area contributed by atoms with Gasteiger partial charge in [-0.2, -0.15) is 0 Å². The summed E-state index contributed by atoms with van der Waals surface area (Å²) in [6.45, 7) is 7.38. The molecule has 1 saturated heterocycles. The number of nitrogens with one attached hydrogen (secondary N) is 1. The lowest BCUT2D eigenvalue weighted by molar-refractivity contribution is -0.121. The third kappa shape index (κ3) is 4.38. The SMILES string of the molecule is CC(C)(CNC(=O)CCCN1C(=O)c2ccccc2C1=O)N1CCCCC1. The van der Waals surface area contributed by atoms with Crippen LogP contribution in [-0.2, 0) is 4.79 Å². The summed E-state index contributed by atoms with van der Waals surface area (Å²) in [6, 6.07) is 6.85. The molecule has 1 aromatic rings. The van der Waals surface area contributed by atoms with Crippen LogP contribution >= 0.6 is 0 Å². The summed E-state index contributed by atoms with van der Waals surface area (Å²) in [7, 11) is 0. The van der Waals surface area contributed by atoms with E-state index in [9.17, 15) is 14.4 Å². The van der Waals surface area contributed by atoms with E-state index in [2.05, 4.69) is 24.1 Å². The van der Waals surface area contributed by atoms with Crippen LogP contribution in [0.3, 0.4) is 0 Å². The Hall–Kier alpha value is -2.21. The average molecular weight is 371 g/mol. The number of amides is 3. The second kappa shape index (κ2) is 8.21. The first-order chi connectivity index (χ1) is 12.9. The van der Waals surface area contributed by atoms with Crippen LogP contribution in [0.1, 0.15) is 66.7 Å². The van der Waals surface area contributed by atoms with E-state index < -0.39 is 0 Å². The molecule has 2 heterocycles. The number of piperidine rings is 1. The van der Waals surface area contributed by atoms with E-state index in [0.29, 0.717) is 30.5 Å². The van der Waals surface area contributed by atoms with Gasteiger partial charge in [-0.15, -0.1) is 0 Å². The lowest BCUT2D eigenvalue weighted by Crippen LogP contribution is -2.53. The largest absolute Gasteiger partial charge is 0.354 e. The van der Waals surface area contributed by atoms with E-state index in [-0.39, 0.29) is 29.8 Å². The molecule has 3 rings (SSSR count). The molecule has 1 fully saturated rings. The van der Waals surface area contributed by atoms with E-state index >= 15 is 0 Å². The van der Waals surface area contributed by atoms with Gasteiger partial charge in [0.1, 0.15) is 0 Å². The van der Waals surface area contributed by atoms with Crippen LogP contribution in [0.2, 0.25) is 0 Å². The van der Waals surface area contributed by atoms with Crippen molar-refractivity contribution in [2.75, 3.05) is 26.2 Å². The van der Waals surface area contributed by atoms with Crippen molar-refractivity contribution < 1.29 is 14.4 Å². The number of benzene rings is 1. The standard InChI is InChI=1S/C21H29N3O3/c1-21(2,23-12-6-3-7-13-23)15-22-18(25)11-8-14-24-19(26)16-9-4-5-10-17(16)20(24)27/h4-5,9-10H,3,6-8,11-15H2,1-2H3,(H,22,25). The van der Waals surface area contributed by atoms with E-state index in [1.807, 2.05) is 0 Å². The summed E-state index contributed by atoms with van der Waals surface area (Å²) in [5, 5.41) is 3.02. The highest BCUT2D eigenvalue weighted by molar-refractivity contribution is 6.21. The molecule has 1 aromatic carbocycles. The fourth-order valence-electron chi connectivity index (χ4n) is 3.85. The summed E-state index contributed by atoms with van der Waals surface area (Å²) in [5.41, 5.74) is 0.851. The molecular weight excluding hydrogens is 342 g/mol. The van der Waals surface area contributed by atoms with Gasteiger partial charge in [0.25, 0.3) is 11.8 Å². The molecule has 0 aliphatic carbocycles. The van der Waals surface area contributed by atoms with Gasteiger partial charge in [-0.3, -0.25) is 24.2 Å². The van der Waals surface area contributed by atoms with Gasteiger partial charge < -0.3 is 5.32 Å². The van der Waals surface area contributed by atoms with Crippen molar-refractivity contribution in [3.05, 3.63) is 35.4 Å². The van der Waals surface area contributed by atoms with Crippen molar-refractivity contribution in [2.45, 2.75) is 51.5 Å². The van der Waals surface area contributed by atoms with Crippen molar-refractivity contribution in [3.63, 3.8) is 0 Å². The second-order valence-corrected chi connectivity index (χ2v) is 8.05. The fraction of sp³-hybridized carbons (Fsp3) is 0.571. The number of hydrogen-bond donors (Lipinski definition) is 1. The van der Waals surface area contributed by atoms with Crippen molar-refractivity contribution in [3.8, 4) is 0 Å². The Balaban J connectivity index is 1.42. The number of likely N-dealkylation sites (tertiary alicyclic amines) is 1. The second-order valence-electron chi connectivity index (χ2n) is 8.05. The first-order valence-corrected chi connectivity index (χ1v) is 9.87. The zero-order valence-corrected chi connectivity index (χ0v) is 16.3. The molecule has 0 spiro atoms. The van der Waals surface area contributed by atoms with Gasteiger partial charge in [-0.05, 0) is 58.3 Å². The summed E-state index contributed by atoms with van der Waals surface area (Å²) in [5.74, 6) is -0.554. The van der Waals surface area contributed by atoms with Gasteiger partial charge in [0, 0.05) is 25.0 Å². The van der Waals surface area contributed by atoms with Gasteiger partial charge in [-0.1, -0.05) is 18.6 Å². The highest BCUT2D eigenvalue weighted by Gasteiger charge is 2.34. The van der Waals surface area contributed by atoms with E-state index in [0.717, 1.165) is 13.1 Å². The topological polar surface area (TPSA) is 69.7 Å². The Morgan fingerprint density at radius 1 is 1.04 bits per heavy atom. The van der Waals surface area contributed by atoms with E-state index in [1.165, 1.54) is 24.2 Å². The Bertz CT molecular complexity index is 688. The number of rotatable bonds is 7. The molecule has 6 heteroatoms. The Morgan fingerprint density at radius 3 is 2.22 bits per heavy atom. The minimum Gasteiger partial charge on any atom is -0.354 e. The molecule has 3 amide bonds. The molecule has 146 valence electrons. The van der Waals surface area contributed by atoms with Crippen LogP contribution in [0.4, 0.5) is 0 Å². The molecule has 0 radical (unpaired) electrons. The van der Waals surface area contributed by atoms with Crippen molar-refractivity contribution >= 4 is 17.7 Å². The van der Waals surface area contributed by atoms with E-state index in [1.54, 1.807) is 24.3 Å². The maximum atomic E-state index is 12.3. The zero-order valence-electron chi connectivity index (χ0n) is 16.3. The fourth-order valence-corrected chi connectivity index (χ4v) is 3.85. The minimum atomic E-state index is -0.262. The summed E-state index contributed by atoms with van der Waals surface area (Å²) >= 11 is 0. The third-order valence-electron chi connectivity index (χ3n) is 5.59. The molecule has 0 aromatic heterocycles. The number of hydrogen-bond acceptors (Lipinski definition) is 4. The monoisotopic (exact) mass is 371 g/mol. The summed E-state index contributed by atoms with van der Waals surface area (Å²) < 4.78 is 0. The van der Waals surface area contributed by atoms with Crippen LogP contribution in [0.5, 0.6) is 0 Å². The molecule has 1 N–H and O–H groups in total. The number of carbonyl (C=O) groups excluding carboxylic acids is 3. The smallest absolute Gasteiger partial charge is 0.261 e. The van der Waals surface area contributed by atoms with Gasteiger partial charge in [0.05, 0.1) is 11.1 Å². The first-order valence-electron chi connectivity index (χ1n) is 9.87. The highest BCUT2D eigenvalue weighted by Crippen LogP contribution is 2.23. The molecule has 0 bridgehead atoms. The van der Waals surface area contributed by atoms with Crippen LogP contribution in [0.15, 0.2) is 24.3 Å². The van der Waals surface area contributed by atoms with Gasteiger partial charge in [-0.25, -0.2) is 0 Å². The van der Waals surface area contributed by atoms with Crippen molar-refractivity contribution in [1.82, 2.24) is 15.1 Å². The summed E-state index contributed by atoms with van der Waals surface area (Å²) in [6.07, 6.45) is 4.51. The van der Waals surface area contributed by atoms with Crippen LogP contribution in [0.25, 0.3) is 0 Å². The van der Waals surface area contributed by atoms with Crippen molar-refractivity contribution in [2.24, 2.45) is 0 Å². The van der Waals surface area contributed by atoms with Crippen LogP contribution in [0, 0.1) is 0 Å². The molecule has 0 saturated carbocycles. The molecule has 27 heavy (non-hydrogen) atoms. The molecule has 0 unspecified atom stereocenters. The third-order valence-corrected chi connectivity index (χ3v) is 5.59. The van der Waals surface area contributed by atoms with Gasteiger partial charge in [0.2, 0.25) is 5.91 Å². The van der Waals surface area contributed by atoms with Crippen LogP contribution < -0.4 is 5.32 Å². The molecule has 0 atom stereocenters. The highest BCUT2D eigenvalue weighted by atomic mass is 16.2. The van der Waals surface area contributed by atoms with Gasteiger partial charge in [0.15, 0.2) is 0 Å². The lowest BCUT2D eigenvalue weighted by Gasteiger charge is -2.41. The number of imide groups is 1. The number of nitrogens with zero attached hydrogens (tertiary/aromatic N) is 2. The molecule has 2 aliphatic rings. The maximum absolute atomic E-state index is 12.3. The van der Waals surface area contributed by atoms with Crippen LogP contribution in [-0.4, -0.2) is 59.2 Å². The maximum Gasteiger partial charge on any atom is 0.261 e. The Labute approximate surface area is 160 Å². The molecule has 2 aliphatic heterocycles. The predicted molar refractivity (Wildman–Crippen MR) is 104 cm³/mol. The normalized spacial score (nSPS) is 17.9. The Kier molecular flexibility index (Phi) is 5.95. The predicted octanol–water partition coefficient (Wildman–Crippen LogP) is 2.44. The summed E-state index contributed by atoms with van der Waals surface area (Å²) in [4.78, 5) is 40.5. The molecular formula is C21H29N3O3. The first kappa shape index (κ1) is 19.5. The lowest BCUT2D eigenvalue weighted by atomic mass is 9.98. The zero-order chi connectivity index (χ0) is 19.4. The van der Waals surface area contributed by atoms with Crippen molar-refractivity contribution in [1.29, 1.82) is 0 Å². The number of carbonyl (C=O) groups is 3. The van der Waals surface area contributed by atoms with E-state index in [4.69, 9.17) is 0 Å². The molecule has 6 nitrogen and oxygen atoms in total. The quantitative estimate of drug-likeness (QED) is 0.748. The Morgan fingerprint density at radius 2 is 1.63 bits per heavy atom.